The van der Waals surface area contributed by atoms with E-state index in [2.05, 4.69) is 20.9 Å². The standard InChI is InChI=1S/C10H9BrN2O3/c1-2-15-10(14)9-7(12)8-5(16-9)3-4-6(11)13-8/h3-4H,2,12H2,1H3. The molecule has 16 heavy (non-hydrogen) atoms. The minimum Gasteiger partial charge on any atom is -0.460 e. The molecule has 0 saturated heterocycles. The Morgan fingerprint density at radius 2 is 2.38 bits per heavy atom. The Labute approximate surface area is 99.7 Å². The normalized spacial score (nSPS) is 10.6. The van der Waals surface area contributed by atoms with Crippen molar-refractivity contribution < 1.29 is 13.9 Å². The van der Waals surface area contributed by atoms with E-state index in [0.29, 0.717) is 15.7 Å². The second-order valence-corrected chi connectivity index (χ2v) is 3.86. The van der Waals surface area contributed by atoms with Crippen molar-refractivity contribution in [1.29, 1.82) is 0 Å². The molecule has 2 heterocycles. The molecule has 0 aliphatic heterocycles. The first-order valence-corrected chi connectivity index (χ1v) is 5.44. The predicted octanol–water partition coefficient (Wildman–Crippen LogP) is 2.35. The number of carbonyl (C=O) groups is 1. The largest absolute Gasteiger partial charge is 0.460 e. The van der Waals surface area contributed by atoms with E-state index < -0.39 is 5.97 Å². The molecule has 0 unspecified atom stereocenters. The number of fused-ring (bicyclic) bond motifs is 1. The van der Waals surface area contributed by atoms with Gasteiger partial charge >= 0.3 is 5.97 Å². The summed E-state index contributed by atoms with van der Waals surface area (Å²) in [5, 5.41) is 0. The van der Waals surface area contributed by atoms with Gasteiger partial charge < -0.3 is 14.9 Å². The number of nitrogens with two attached hydrogens (primary N) is 1. The highest BCUT2D eigenvalue weighted by Crippen LogP contribution is 2.28. The zero-order chi connectivity index (χ0) is 11.7. The van der Waals surface area contributed by atoms with Crippen LogP contribution in [-0.2, 0) is 4.74 Å². The van der Waals surface area contributed by atoms with Crippen molar-refractivity contribution >= 4 is 38.7 Å². The van der Waals surface area contributed by atoms with E-state index in [0.717, 1.165) is 0 Å². The molecule has 0 aliphatic carbocycles. The van der Waals surface area contributed by atoms with Crippen molar-refractivity contribution in [2.45, 2.75) is 6.92 Å². The summed E-state index contributed by atoms with van der Waals surface area (Å²) in [6.07, 6.45) is 0. The molecule has 0 spiro atoms. The maximum atomic E-state index is 11.5. The Kier molecular flexibility index (Phi) is 2.82. The second-order valence-electron chi connectivity index (χ2n) is 3.05. The van der Waals surface area contributed by atoms with Gasteiger partial charge in [-0.25, -0.2) is 9.78 Å². The number of ether oxygens (including phenoxy) is 1. The van der Waals surface area contributed by atoms with E-state index in [-0.39, 0.29) is 18.1 Å². The number of rotatable bonds is 2. The highest BCUT2D eigenvalue weighted by atomic mass is 79.9. The van der Waals surface area contributed by atoms with Crippen LogP contribution in [0.2, 0.25) is 0 Å². The highest BCUT2D eigenvalue weighted by Gasteiger charge is 2.20. The predicted molar refractivity (Wildman–Crippen MR) is 62.1 cm³/mol. The molecule has 0 aromatic carbocycles. The Morgan fingerprint density at radius 3 is 3.06 bits per heavy atom. The molecule has 0 amide bonds. The average Bonchev–Trinajstić information content (AvgIpc) is 2.57. The van der Waals surface area contributed by atoms with Crippen molar-refractivity contribution in [2.75, 3.05) is 12.3 Å². The minimum atomic E-state index is -0.575. The first kappa shape index (κ1) is 10.9. The first-order valence-electron chi connectivity index (χ1n) is 4.65. The average molecular weight is 285 g/mol. The lowest BCUT2D eigenvalue weighted by atomic mass is 10.3. The fraction of sp³-hybridized carbons (Fsp3) is 0.200. The third-order valence-corrected chi connectivity index (χ3v) is 2.44. The van der Waals surface area contributed by atoms with Crippen LogP contribution in [0.4, 0.5) is 5.69 Å². The van der Waals surface area contributed by atoms with Crippen molar-refractivity contribution in [3.63, 3.8) is 0 Å². The molecule has 2 aromatic rings. The lowest BCUT2D eigenvalue weighted by molar-refractivity contribution is 0.0494. The lowest BCUT2D eigenvalue weighted by Crippen LogP contribution is -2.05. The van der Waals surface area contributed by atoms with E-state index in [4.69, 9.17) is 14.9 Å². The van der Waals surface area contributed by atoms with Gasteiger partial charge in [0.2, 0.25) is 5.76 Å². The Balaban J connectivity index is 2.56. The third-order valence-electron chi connectivity index (χ3n) is 2.00. The molecule has 0 radical (unpaired) electrons. The SMILES string of the molecule is CCOC(=O)c1oc2ccc(Br)nc2c1N. The van der Waals surface area contributed by atoms with Gasteiger partial charge in [0, 0.05) is 0 Å². The van der Waals surface area contributed by atoms with Crippen LogP contribution in [0.5, 0.6) is 0 Å². The molecule has 0 bridgehead atoms. The number of esters is 1. The summed E-state index contributed by atoms with van der Waals surface area (Å²) in [4.78, 5) is 15.6. The third kappa shape index (κ3) is 1.76. The molecule has 2 rings (SSSR count). The van der Waals surface area contributed by atoms with Crippen LogP contribution in [0, 0.1) is 0 Å². The zero-order valence-corrected chi connectivity index (χ0v) is 10.1. The molecule has 2 aromatic heterocycles. The lowest BCUT2D eigenvalue weighted by Gasteiger charge is -1.97. The molecule has 0 fully saturated rings. The molecule has 5 nitrogen and oxygen atoms in total. The second kappa shape index (κ2) is 4.13. The van der Waals surface area contributed by atoms with Gasteiger partial charge in [0.05, 0.1) is 6.61 Å². The molecular weight excluding hydrogens is 276 g/mol. The number of furan rings is 1. The molecule has 0 saturated carbocycles. The number of nitrogens with zero attached hydrogens (tertiary/aromatic N) is 1. The van der Waals surface area contributed by atoms with Gasteiger partial charge in [-0.05, 0) is 35.0 Å². The van der Waals surface area contributed by atoms with Crippen molar-refractivity contribution in [3.8, 4) is 0 Å². The summed E-state index contributed by atoms with van der Waals surface area (Å²) in [6, 6.07) is 3.39. The summed E-state index contributed by atoms with van der Waals surface area (Å²) in [5.74, 6) is -0.573. The molecule has 0 aliphatic rings. The number of anilines is 1. The van der Waals surface area contributed by atoms with Crippen LogP contribution < -0.4 is 5.73 Å². The number of pyridine rings is 1. The Bertz CT molecular complexity index is 550. The number of aromatic nitrogens is 1. The van der Waals surface area contributed by atoms with E-state index in [9.17, 15) is 4.79 Å². The topological polar surface area (TPSA) is 78.3 Å². The van der Waals surface area contributed by atoms with Crippen LogP contribution in [0.25, 0.3) is 11.1 Å². The first-order chi connectivity index (χ1) is 7.63. The summed E-state index contributed by atoms with van der Waals surface area (Å²) >= 11 is 3.22. The Morgan fingerprint density at radius 1 is 1.62 bits per heavy atom. The van der Waals surface area contributed by atoms with Gasteiger partial charge in [-0.2, -0.15) is 0 Å². The van der Waals surface area contributed by atoms with Crippen LogP contribution in [0.1, 0.15) is 17.5 Å². The summed E-state index contributed by atoms with van der Waals surface area (Å²) in [5.41, 5.74) is 6.88. The van der Waals surface area contributed by atoms with Crippen molar-refractivity contribution in [1.82, 2.24) is 4.98 Å². The molecular formula is C10H9BrN2O3. The number of hydrogen-bond donors (Lipinski definition) is 1. The zero-order valence-electron chi connectivity index (χ0n) is 8.49. The number of halogens is 1. The summed E-state index contributed by atoms with van der Waals surface area (Å²) < 4.78 is 10.7. The van der Waals surface area contributed by atoms with Gasteiger partial charge in [-0.15, -0.1) is 0 Å². The van der Waals surface area contributed by atoms with Gasteiger partial charge in [0.15, 0.2) is 5.58 Å². The fourth-order valence-electron chi connectivity index (χ4n) is 1.32. The van der Waals surface area contributed by atoms with E-state index >= 15 is 0 Å². The number of nitrogen functional groups attached to an aromatic ring is 1. The van der Waals surface area contributed by atoms with Crippen molar-refractivity contribution in [2.24, 2.45) is 0 Å². The summed E-state index contributed by atoms with van der Waals surface area (Å²) in [7, 11) is 0. The highest BCUT2D eigenvalue weighted by molar-refractivity contribution is 9.10. The summed E-state index contributed by atoms with van der Waals surface area (Å²) in [6.45, 7) is 1.98. The maximum Gasteiger partial charge on any atom is 0.376 e. The van der Waals surface area contributed by atoms with E-state index in [1.807, 2.05) is 0 Å². The molecule has 84 valence electrons. The minimum absolute atomic E-state index is 0.00227. The quantitative estimate of drug-likeness (QED) is 0.676. The van der Waals surface area contributed by atoms with Crippen molar-refractivity contribution in [3.05, 3.63) is 22.5 Å². The Hall–Kier alpha value is -1.56. The molecule has 2 N–H and O–H groups in total. The van der Waals surface area contributed by atoms with Gasteiger partial charge in [-0.3, -0.25) is 0 Å². The van der Waals surface area contributed by atoms with E-state index in [1.54, 1.807) is 19.1 Å². The number of hydrogen-bond acceptors (Lipinski definition) is 5. The molecule has 6 heteroatoms. The van der Waals surface area contributed by atoms with Crippen LogP contribution >= 0.6 is 15.9 Å². The smallest absolute Gasteiger partial charge is 0.376 e. The van der Waals surface area contributed by atoms with Crippen LogP contribution in [-0.4, -0.2) is 17.6 Å². The van der Waals surface area contributed by atoms with Gasteiger partial charge in [0.1, 0.15) is 15.8 Å². The number of carbonyl (C=O) groups excluding carboxylic acids is 1. The monoisotopic (exact) mass is 284 g/mol. The van der Waals surface area contributed by atoms with Gasteiger partial charge in [-0.1, -0.05) is 0 Å². The molecule has 0 atom stereocenters. The fourth-order valence-corrected chi connectivity index (χ4v) is 1.63. The maximum absolute atomic E-state index is 11.5. The van der Waals surface area contributed by atoms with E-state index in [1.165, 1.54) is 0 Å². The van der Waals surface area contributed by atoms with Crippen LogP contribution in [0.3, 0.4) is 0 Å². The van der Waals surface area contributed by atoms with Crippen LogP contribution in [0.15, 0.2) is 21.2 Å². The van der Waals surface area contributed by atoms with Gasteiger partial charge in [0.25, 0.3) is 0 Å².